The van der Waals surface area contributed by atoms with Crippen molar-refractivity contribution in [3.8, 4) is 0 Å². The van der Waals surface area contributed by atoms with E-state index in [4.69, 9.17) is 0 Å². The normalized spacial score (nSPS) is 11.4. The van der Waals surface area contributed by atoms with Gasteiger partial charge in [0, 0.05) is 23.5 Å². The van der Waals surface area contributed by atoms with Gasteiger partial charge in [0.05, 0.1) is 12.1 Å². The number of nitrogens with zero attached hydrogens (tertiary/aromatic N) is 2. The molecule has 0 spiro atoms. The molecule has 0 fully saturated rings. The van der Waals surface area contributed by atoms with Crippen LogP contribution in [0.25, 0.3) is 21.9 Å². The molecule has 0 amide bonds. The minimum Gasteiger partial charge on any atom is -0.392 e. The number of benzene rings is 2. The molecule has 0 aliphatic heterocycles. The van der Waals surface area contributed by atoms with Crippen LogP contribution in [-0.2, 0) is 13.2 Å². The number of fused-ring (bicyclic) bond motifs is 3. The first-order chi connectivity index (χ1) is 11.3. The molecule has 0 saturated carbocycles. The zero-order chi connectivity index (χ0) is 15.8. The van der Waals surface area contributed by atoms with Crippen LogP contribution >= 0.6 is 0 Å². The summed E-state index contributed by atoms with van der Waals surface area (Å²) in [5.74, 6) is -0.235. The van der Waals surface area contributed by atoms with Crippen LogP contribution in [0.2, 0.25) is 0 Å². The van der Waals surface area contributed by atoms with Gasteiger partial charge in [-0.25, -0.2) is 9.37 Å². The first-order valence-electron chi connectivity index (χ1n) is 7.47. The van der Waals surface area contributed by atoms with Crippen LogP contribution in [-0.4, -0.2) is 14.7 Å². The van der Waals surface area contributed by atoms with Crippen LogP contribution in [0.15, 0.2) is 60.8 Å². The second-order valence-electron chi connectivity index (χ2n) is 5.60. The van der Waals surface area contributed by atoms with E-state index in [0.29, 0.717) is 6.54 Å². The van der Waals surface area contributed by atoms with E-state index in [2.05, 4.69) is 21.7 Å². The predicted molar refractivity (Wildman–Crippen MR) is 88.7 cm³/mol. The molecule has 1 N–H and O–H groups in total. The van der Waals surface area contributed by atoms with Crippen molar-refractivity contribution in [3.63, 3.8) is 0 Å². The van der Waals surface area contributed by atoms with Crippen molar-refractivity contribution < 1.29 is 9.50 Å². The van der Waals surface area contributed by atoms with Gasteiger partial charge in [0.15, 0.2) is 0 Å². The van der Waals surface area contributed by atoms with Gasteiger partial charge in [-0.1, -0.05) is 30.3 Å². The summed E-state index contributed by atoms with van der Waals surface area (Å²) in [5.41, 5.74) is 3.76. The van der Waals surface area contributed by atoms with Gasteiger partial charge < -0.3 is 9.67 Å². The Morgan fingerprint density at radius 1 is 0.957 bits per heavy atom. The number of hydrogen-bond donors (Lipinski definition) is 1. The third kappa shape index (κ3) is 2.37. The van der Waals surface area contributed by atoms with Crippen LogP contribution in [0.1, 0.15) is 11.1 Å². The Balaban J connectivity index is 1.94. The maximum Gasteiger partial charge on any atom is 0.141 e. The Bertz CT molecular complexity index is 990. The second kappa shape index (κ2) is 5.48. The third-order valence-corrected chi connectivity index (χ3v) is 4.10. The number of aliphatic hydroxyl groups excluding tert-OH is 1. The van der Waals surface area contributed by atoms with Crippen LogP contribution < -0.4 is 0 Å². The lowest BCUT2D eigenvalue weighted by atomic mass is 10.1. The molecule has 4 rings (SSSR count). The molecule has 23 heavy (non-hydrogen) atoms. The lowest BCUT2D eigenvalue weighted by Gasteiger charge is -2.07. The molecule has 3 nitrogen and oxygen atoms in total. The molecule has 0 atom stereocenters. The van der Waals surface area contributed by atoms with Crippen LogP contribution in [0.4, 0.5) is 4.39 Å². The molecule has 0 unspecified atom stereocenters. The highest BCUT2D eigenvalue weighted by Crippen LogP contribution is 2.29. The van der Waals surface area contributed by atoms with Crippen molar-refractivity contribution in [1.82, 2.24) is 9.55 Å². The van der Waals surface area contributed by atoms with Crippen molar-refractivity contribution in [1.29, 1.82) is 0 Å². The number of pyridine rings is 1. The first-order valence-corrected chi connectivity index (χ1v) is 7.47. The minimum atomic E-state index is -0.235. The summed E-state index contributed by atoms with van der Waals surface area (Å²) in [4.78, 5) is 4.53. The van der Waals surface area contributed by atoms with E-state index < -0.39 is 0 Å². The summed E-state index contributed by atoms with van der Waals surface area (Å²) in [5, 5.41) is 11.5. The summed E-state index contributed by atoms with van der Waals surface area (Å²) >= 11 is 0. The number of para-hydroxylation sites is 1. The van der Waals surface area contributed by atoms with Gasteiger partial charge in [0.2, 0.25) is 0 Å². The highest BCUT2D eigenvalue weighted by atomic mass is 19.1. The highest BCUT2D eigenvalue weighted by Gasteiger charge is 2.12. The maximum atomic E-state index is 13.1. The van der Waals surface area contributed by atoms with Crippen molar-refractivity contribution in [2.75, 3.05) is 0 Å². The van der Waals surface area contributed by atoms with Crippen LogP contribution in [0.5, 0.6) is 0 Å². The molecule has 0 bridgehead atoms. The molecule has 0 aliphatic rings. The average molecular weight is 306 g/mol. The summed E-state index contributed by atoms with van der Waals surface area (Å²) in [7, 11) is 0. The minimum absolute atomic E-state index is 0.0274. The number of halogens is 1. The van der Waals surface area contributed by atoms with Crippen molar-refractivity contribution in [2.24, 2.45) is 0 Å². The van der Waals surface area contributed by atoms with Gasteiger partial charge in [0.25, 0.3) is 0 Å². The van der Waals surface area contributed by atoms with E-state index in [1.54, 1.807) is 18.3 Å². The fraction of sp³-hybridized carbons (Fsp3) is 0.105. The summed E-state index contributed by atoms with van der Waals surface area (Å²) in [6.07, 6.45) is 1.70. The molecule has 2 heterocycles. The lowest BCUT2D eigenvalue weighted by molar-refractivity contribution is 0.281. The first kappa shape index (κ1) is 13.9. The van der Waals surface area contributed by atoms with E-state index in [1.165, 1.54) is 12.1 Å². The maximum absolute atomic E-state index is 13.1. The Morgan fingerprint density at radius 2 is 1.74 bits per heavy atom. The summed E-state index contributed by atoms with van der Waals surface area (Å²) in [6.45, 7) is 0.593. The fourth-order valence-electron chi connectivity index (χ4n) is 2.98. The van der Waals surface area contributed by atoms with E-state index >= 15 is 0 Å². The van der Waals surface area contributed by atoms with E-state index in [0.717, 1.165) is 33.1 Å². The largest absolute Gasteiger partial charge is 0.392 e. The Hall–Kier alpha value is -2.72. The molecule has 4 aromatic rings. The number of aromatic nitrogens is 2. The van der Waals surface area contributed by atoms with Crippen LogP contribution in [0, 0.1) is 5.82 Å². The molecule has 0 radical (unpaired) electrons. The number of hydrogen-bond acceptors (Lipinski definition) is 2. The Kier molecular flexibility index (Phi) is 3.32. The predicted octanol–water partition coefficient (Wildman–Crippen LogP) is 3.87. The summed E-state index contributed by atoms with van der Waals surface area (Å²) < 4.78 is 15.2. The molecular formula is C19H15FN2O. The molecule has 2 aromatic carbocycles. The van der Waals surface area contributed by atoms with Gasteiger partial charge in [-0.2, -0.15) is 0 Å². The van der Waals surface area contributed by atoms with Crippen molar-refractivity contribution >= 4 is 21.9 Å². The van der Waals surface area contributed by atoms with Gasteiger partial charge in [0.1, 0.15) is 11.5 Å². The zero-order valence-corrected chi connectivity index (χ0v) is 12.4. The summed E-state index contributed by atoms with van der Waals surface area (Å²) in [6, 6.07) is 16.6. The average Bonchev–Trinajstić information content (AvgIpc) is 2.90. The van der Waals surface area contributed by atoms with Gasteiger partial charge in [-0.15, -0.1) is 0 Å². The lowest BCUT2D eigenvalue weighted by Crippen LogP contribution is -2.01. The van der Waals surface area contributed by atoms with Crippen LogP contribution in [0.3, 0.4) is 0 Å². The molecule has 0 saturated heterocycles. The molecule has 114 valence electrons. The number of aliphatic hydroxyl groups is 1. The third-order valence-electron chi connectivity index (χ3n) is 4.10. The zero-order valence-electron chi connectivity index (χ0n) is 12.4. The van der Waals surface area contributed by atoms with Gasteiger partial charge in [-0.05, 0) is 35.4 Å². The Labute approximate surface area is 132 Å². The molecular weight excluding hydrogens is 291 g/mol. The monoisotopic (exact) mass is 306 g/mol. The van der Waals surface area contributed by atoms with E-state index in [1.807, 2.05) is 18.2 Å². The SMILES string of the molecule is OCc1cnc2c(c1)c1ccccc1n2Cc1ccc(F)cc1. The van der Waals surface area contributed by atoms with E-state index in [9.17, 15) is 9.50 Å². The smallest absolute Gasteiger partial charge is 0.141 e. The molecule has 4 heteroatoms. The highest BCUT2D eigenvalue weighted by molar-refractivity contribution is 6.06. The standard InChI is InChI=1S/C19H15FN2O/c20-15-7-5-13(6-8-15)11-22-18-4-2-1-3-16(18)17-9-14(12-23)10-21-19(17)22/h1-10,23H,11-12H2. The van der Waals surface area contributed by atoms with Gasteiger partial charge in [-0.3, -0.25) is 0 Å². The van der Waals surface area contributed by atoms with Gasteiger partial charge >= 0.3 is 0 Å². The fourth-order valence-corrected chi connectivity index (χ4v) is 2.98. The van der Waals surface area contributed by atoms with E-state index in [-0.39, 0.29) is 12.4 Å². The number of rotatable bonds is 3. The van der Waals surface area contributed by atoms with Crippen molar-refractivity contribution in [2.45, 2.75) is 13.2 Å². The topological polar surface area (TPSA) is 38.1 Å². The van der Waals surface area contributed by atoms with Crippen molar-refractivity contribution in [3.05, 3.63) is 77.7 Å². The Morgan fingerprint density at radius 3 is 2.52 bits per heavy atom. The second-order valence-corrected chi connectivity index (χ2v) is 5.60. The molecule has 0 aliphatic carbocycles. The quantitative estimate of drug-likeness (QED) is 0.624. The molecule has 2 aromatic heterocycles.